The number of hydrogen-bond acceptors (Lipinski definition) is 3. The van der Waals surface area contributed by atoms with Gasteiger partial charge in [0, 0.05) is 6.42 Å². The third kappa shape index (κ3) is 15.5. The Bertz CT molecular complexity index is 284. The molecule has 0 aromatic heterocycles. The summed E-state index contributed by atoms with van der Waals surface area (Å²) in [5.74, 6) is 0.472. The summed E-state index contributed by atoms with van der Waals surface area (Å²) >= 11 is 0. The Labute approximate surface area is 137 Å². The van der Waals surface area contributed by atoms with Crippen LogP contribution in [0.4, 0.5) is 0 Å². The van der Waals surface area contributed by atoms with Crippen LogP contribution in [0.3, 0.4) is 0 Å². The third-order valence-electron chi connectivity index (χ3n) is 3.88. The molecule has 0 aliphatic carbocycles. The van der Waals surface area contributed by atoms with Crippen molar-refractivity contribution in [2.45, 2.75) is 97.8 Å². The molecule has 3 heteroatoms. The van der Waals surface area contributed by atoms with E-state index in [4.69, 9.17) is 4.74 Å². The molecule has 0 aromatic carbocycles. The first kappa shape index (κ1) is 21.1. The minimum Gasteiger partial charge on any atom is -0.466 e. The molecule has 0 unspecified atom stereocenters. The molecule has 3 nitrogen and oxygen atoms in total. The van der Waals surface area contributed by atoms with E-state index in [1.165, 1.54) is 51.4 Å². The molecule has 0 atom stereocenters. The number of carbonyl (C=O) groups excluding carboxylic acids is 2. The summed E-state index contributed by atoms with van der Waals surface area (Å²) in [6.07, 6.45) is 13.1. The van der Waals surface area contributed by atoms with Crippen molar-refractivity contribution < 1.29 is 14.3 Å². The Balaban J connectivity index is 3.23. The molecule has 0 bridgehead atoms. The lowest BCUT2D eigenvalue weighted by molar-refractivity contribution is -0.145. The van der Waals surface area contributed by atoms with Gasteiger partial charge in [-0.2, -0.15) is 0 Å². The molecule has 0 radical (unpaired) electrons. The largest absolute Gasteiger partial charge is 0.466 e. The van der Waals surface area contributed by atoms with Crippen LogP contribution in [-0.4, -0.2) is 18.4 Å². The number of ether oxygens (including phenoxy) is 1. The van der Waals surface area contributed by atoms with Crippen LogP contribution in [0, 0.1) is 5.92 Å². The Morgan fingerprint density at radius 2 is 1.32 bits per heavy atom. The number of ketones is 1. The van der Waals surface area contributed by atoms with Crippen molar-refractivity contribution in [3.05, 3.63) is 0 Å². The van der Waals surface area contributed by atoms with Crippen LogP contribution in [0.2, 0.25) is 0 Å². The molecule has 0 N–H and O–H groups in total. The topological polar surface area (TPSA) is 43.4 Å². The quantitative estimate of drug-likeness (QED) is 0.229. The van der Waals surface area contributed by atoms with Gasteiger partial charge in [0.2, 0.25) is 0 Å². The molecule has 130 valence electrons. The van der Waals surface area contributed by atoms with E-state index in [2.05, 4.69) is 13.8 Å². The second-order valence-electron chi connectivity index (χ2n) is 6.63. The monoisotopic (exact) mass is 312 g/mol. The van der Waals surface area contributed by atoms with Crippen LogP contribution in [0.1, 0.15) is 97.8 Å². The molecule has 0 spiro atoms. The molecule has 22 heavy (non-hydrogen) atoms. The molecule has 0 rings (SSSR count). The molecule has 0 amide bonds. The first-order valence-corrected chi connectivity index (χ1v) is 9.23. The summed E-state index contributed by atoms with van der Waals surface area (Å²) in [4.78, 5) is 22.6. The first-order chi connectivity index (χ1) is 10.6. The normalized spacial score (nSPS) is 10.9. The van der Waals surface area contributed by atoms with Crippen molar-refractivity contribution >= 4 is 11.8 Å². The Hall–Kier alpha value is -0.860. The molecular formula is C19H36O3. The van der Waals surface area contributed by atoms with Gasteiger partial charge in [-0.05, 0) is 19.3 Å². The lowest BCUT2D eigenvalue weighted by Crippen LogP contribution is -2.10. The van der Waals surface area contributed by atoms with Crippen LogP contribution in [0.25, 0.3) is 0 Å². The number of Topliss-reactive ketones (excluding diaryl/α,β-unsaturated/α-hetero) is 1. The predicted octanol–water partition coefficient (Wildman–Crippen LogP) is 5.46. The lowest BCUT2D eigenvalue weighted by Gasteiger charge is -2.04. The van der Waals surface area contributed by atoms with Gasteiger partial charge >= 0.3 is 5.97 Å². The molecule has 0 saturated heterocycles. The highest BCUT2D eigenvalue weighted by atomic mass is 16.5. The van der Waals surface area contributed by atoms with Gasteiger partial charge in [-0.15, -0.1) is 0 Å². The Morgan fingerprint density at radius 1 is 0.818 bits per heavy atom. The molecule has 0 aromatic rings. The van der Waals surface area contributed by atoms with Crippen molar-refractivity contribution in [3.8, 4) is 0 Å². The van der Waals surface area contributed by atoms with Gasteiger partial charge in [0.05, 0.1) is 6.61 Å². The highest BCUT2D eigenvalue weighted by Crippen LogP contribution is 2.13. The summed E-state index contributed by atoms with van der Waals surface area (Å²) in [6.45, 7) is 6.69. The fourth-order valence-corrected chi connectivity index (χ4v) is 2.57. The van der Waals surface area contributed by atoms with Crippen molar-refractivity contribution in [2.24, 2.45) is 5.92 Å². The second-order valence-corrected chi connectivity index (χ2v) is 6.63. The lowest BCUT2D eigenvalue weighted by atomic mass is 10.0. The number of hydrogen-bond donors (Lipinski definition) is 0. The second kappa shape index (κ2) is 15.1. The van der Waals surface area contributed by atoms with E-state index in [0.717, 1.165) is 18.8 Å². The van der Waals surface area contributed by atoms with E-state index in [-0.39, 0.29) is 18.2 Å². The summed E-state index contributed by atoms with van der Waals surface area (Å²) < 4.78 is 4.77. The zero-order valence-electron chi connectivity index (χ0n) is 15.0. The van der Waals surface area contributed by atoms with Gasteiger partial charge in [-0.25, -0.2) is 0 Å². The summed E-state index contributed by atoms with van der Waals surface area (Å²) in [5, 5.41) is 0. The fourth-order valence-electron chi connectivity index (χ4n) is 2.57. The molecule has 0 aliphatic rings. The van der Waals surface area contributed by atoms with Crippen molar-refractivity contribution in [2.75, 3.05) is 6.61 Å². The van der Waals surface area contributed by atoms with E-state index < -0.39 is 0 Å². The number of unbranched alkanes of at least 4 members (excludes halogenated alkanes) is 8. The van der Waals surface area contributed by atoms with E-state index in [9.17, 15) is 9.59 Å². The number of esters is 1. The maximum Gasteiger partial charge on any atom is 0.313 e. The number of carbonyl (C=O) groups is 2. The zero-order chi connectivity index (χ0) is 16.6. The molecule has 0 heterocycles. The van der Waals surface area contributed by atoms with Gasteiger partial charge < -0.3 is 4.74 Å². The van der Waals surface area contributed by atoms with Gasteiger partial charge in [-0.1, -0.05) is 71.6 Å². The smallest absolute Gasteiger partial charge is 0.313 e. The zero-order valence-corrected chi connectivity index (χ0v) is 15.0. The maximum atomic E-state index is 11.5. The third-order valence-corrected chi connectivity index (χ3v) is 3.88. The van der Waals surface area contributed by atoms with Crippen LogP contribution >= 0.6 is 0 Å². The van der Waals surface area contributed by atoms with Crippen molar-refractivity contribution in [1.82, 2.24) is 0 Å². The van der Waals surface area contributed by atoms with Crippen LogP contribution < -0.4 is 0 Å². The van der Waals surface area contributed by atoms with E-state index in [1.54, 1.807) is 6.92 Å². The van der Waals surface area contributed by atoms with Crippen LogP contribution in [0.15, 0.2) is 0 Å². The molecular weight excluding hydrogens is 276 g/mol. The van der Waals surface area contributed by atoms with Crippen molar-refractivity contribution in [1.29, 1.82) is 0 Å². The average Bonchev–Trinajstić information content (AvgIpc) is 2.44. The minimum absolute atomic E-state index is 0.0172. The van der Waals surface area contributed by atoms with Gasteiger partial charge in [0.25, 0.3) is 0 Å². The fraction of sp³-hybridized carbons (Fsp3) is 0.895. The van der Waals surface area contributed by atoms with Crippen LogP contribution in [-0.2, 0) is 14.3 Å². The highest BCUT2D eigenvalue weighted by molar-refractivity contribution is 5.95. The van der Waals surface area contributed by atoms with E-state index >= 15 is 0 Å². The van der Waals surface area contributed by atoms with Crippen LogP contribution in [0.5, 0.6) is 0 Å². The molecule has 0 aliphatic heterocycles. The first-order valence-electron chi connectivity index (χ1n) is 9.23. The Kier molecular flexibility index (Phi) is 14.5. The molecule has 0 saturated carbocycles. The summed E-state index contributed by atoms with van der Waals surface area (Å²) in [7, 11) is 0. The van der Waals surface area contributed by atoms with E-state index in [1.807, 2.05) is 0 Å². The standard InChI is InChI=1S/C19H36O3/c1-4-22-19(21)16-18(20)15-13-11-9-7-5-6-8-10-12-14-17(2)3/h17H,4-16H2,1-3H3. The van der Waals surface area contributed by atoms with Gasteiger partial charge in [0.15, 0.2) is 0 Å². The SMILES string of the molecule is CCOC(=O)CC(=O)CCCCCCCCCCCC(C)C. The number of rotatable bonds is 15. The van der Waals surface area contributed by atoms with Gasteiger partial charge in [-0.3, -0.25) is 9.59 Å². The predicted molar refractivity (Wildman–Crippen MR) is 91.9 cm³/mol. The van der Waals surface area contributed by atoms with E-state index in [0.29, 0.717) is 13.0 Å². The average molecular weight is 312 g/mol. The summed E-state index contributed by atoms with van der Waals surface area (Å²) in [6, 6.07) is 0. The van der Waals surface area contributed by atoms with Gasteiger partial charge in [0.1, 0.15) is 12.2 Å². The molecule has 0 fully saturated rings. The Morgan fingerprint density at radius 3 is 1.82 bits per heavy atom. The summed E-state index contributed by atoms with van der Waals surface area (Å²) in [5.41, 5.74) is 0. The minimum atomic E-state index is -0.384. The van der Waals surface area contributed by atoms with Crippen molar-refractivity contribution in [3.63, 3.8) is 0 Å². The maximum absolute atomic E-state index is 11.5. The highest BCUT2D eigenvalue weighted by Gasteiger charge is 2.09.